The van der Waals surface area contributed by atoms with Gasteiger partial charge in [0.1, 0.15) is 5.75 Å². The van der Waals surface area contributed by atoms with Crippen molar-refractivity contribution in [1.29, 1.82) is 0 Å². The molecule has 4 nitrogen and oxygen atoms in total. The zero-order valence-corrected chi connectivity index (χ0v) is 14.3. The number of nitrogens with one attached hydrogen (secondary N) is 2. The molecular formula is C18H21ClN2O2. The Kier molecular flexibility index (Phi) is 5.88. The molecule has 2 rings (SSSR count). The number of hydrogen-bond acceptors (Lipinski definition) is 3. The van der Waals surface area contributed by atoms with Crippen molar-refractivity contribution in [3.63, 3.8) is 0 Å². The molecule has 0 unspecified atom stereocenters. The summed E-state index contributed by atoms with van der Waals surface area (Å²) in [6.07, 6.45) is 0. The average molecular weight is 333 g/mol. The third-order valence-electron chi connectivity index (χ3n) is 3.47. The van der Waals surface area contributed by atoms with Crippen molar-refractivity contribution in [1.82, 2.24) is 0 Å². The van der Waals surface area contributed by atoms with Crippen LogP contribution in [0.15, 0.2) is 42.5 Å². The normalized spacial score (nSPS) is 10.5. The van der Waals surface area contributed by atoms with Crippen LogP contribution in [-0.2, 0) is 4.79 Å². The number of carbonyl (C=O) groups is 1. The van der Waals surface area contributed by atoms with Gasteiger partial charge < -0.3 is 15.4 Å². The van der Waals surface area contributed by atoms with E-state index in [1.165, 1.54) is 5.56 Å². The standard InChI is InChI=1S/C18H21ClN2O2/c1-12(2)13-4-6-14(7-5-13)21-18(22)11-20-17-10-15(23-3)8-9-16(17)19/h4-10,12,20H,11H2,1-3H3,(H,21,22). The number of anilines is 2. The van der Waals surface area contributed by atoms with Crippen LogP contribution in [0.5, 0.6) is 5.75 Å². The molecule has 0 heterocycles. The van der Waals surface area contributed by atoms with Crippen molar-refractivity contribution in [3.8, 4) is 5.75 Å². The minimum atomic E-state index is -0.138. The van der Waals surface area contributed by atoms with E-state index in [-0.39, 0.29) is 12.5 Å². The lowest BCUT2D eigenvalue weighted by molar-refractivity contribution is -0.114. The fourth-order valence-corrected chi connectivity index (χ4v) is 2.28. The smallest absolute Gasteiger partial charge is 0.243 e. The molecule has 0 aliphatic heterocycles. The van der Waals surface area contributed by atoms with Crippen LogP contribution < -0.4 is 15.4 Å². The van der Waals surface area contributed by atoms with E-state index < -0.39 is 0 Å². The monoisotopic (exact) mass is 332 g/mol. The summed E-state index contributed by atoms with van der Waals surface area (Å²) in [6, 6.07) is 13.1. The van der Waals surface area contributed by atoms with Crippen LogP contribution in [0.3, 0.4) is 0 Å². The number of rotatable bonds is 6. The molecule has 0 spiro atoms. The SMILES string of the molecule is COc1ccc(Cl)c(NCC(=O)Nc2ccc(C(C)C)cc2)c1. The number of ether oxygens (including phenoxy) is 1. The highest BCUT2D eigenvalue weighted by atomic mass is 35.5. The zero-order chi connectivity index (χ0) is 16.8. The van der Waals surface area contributed by atoms with E-state index in [1.54, 1.807) is 25.3 Å². The molecule has 0 bridgehead atoms. The van der Waals surface area contributed by atoms with E-state index in [0.29, 0.717) is 22.4 Å². The number of hydrogen-bond donors (Lipinski definition) is 2. The van der Waals surface area contributed by atoms with Crippen molar-refractivity contribution in [2.45, 2.75) is 19.8 Å². The lowest BCUT2D eigenvalue weighted by Crippen LogP contribution is -2.21. The maximum absolute atomic E-state index is 12.0. The second-order valence-electron chi connectivity index (χ2n) is 5.52. The Hall–Kier alpha value is -2.20. The predicted molar refractivity (Wildman–Crippen MR) is 95.7 cm³/mol. The first-order chi connectivity index (χ1) is 11.0. The number of methoxy groups -OCH3 is 1. The maximum atomic E-state index is 12.0. The third-order valence-corrected chi connectivity index (χ3v) is 3.80. The largest absolute Gasteiger partial charge is 0.497 e. The summed E-state index contributed by atoms with van der Waals surface area (Å²) in [5.41, 5.74) is 2.68. The molecule has 0 saturated heterocycles. The van der Waals surface area contributed by atoms with Crippen LogP contribution in [0.25, 0.3) is 0 Å². The average Bonchev–Trinajstić information content (AvgIpc) is 2.54. The minimum absolute atomic E-state index is 0.124. The van der Waals surface area contributed by atoms with Gasteiger partial charge in [-0.1, -0.05) is 37.6 Å². The minimum Gasteiger partial charge on any atom is -0.497 e. The Morgan fingerprint density at radius 3 is 2.48 bits per heavy atom. The van der Waals surface area contributed by atoms with Crippen LogP contribution in [0.4, 0.5) is 11.4 Å². The molecule has 0 aromatic heterocycles. The summed E-state index contributed by atoms with van der Waals surface area (Å²) in [7, 11) is 1.58. The summed E-state index contributed by atoms with van der Waals surface area (Å²) >= 11 is 6.09. The van der Waals surface area contributed by atoms with Gasteiger partial charge in [0.25, 0.3) is 0 Å². The van der Waals surface area contributed by atoms with Crippen LogP contribution in [-0.4, -0.2) is 19.6 Å². The van der Waals surface area contributed by atoms with Crippen molar-refractivity contribution in [2.75, 3.05) is 24.3 Å². The van der Waals surface area contributed by atoms with Gasteiger partial charge in [0, 0.05) is 11.8 Å². The van der Waals surface area contributed by atoms with Gasteiger partial charge in [0.2, 0.25) is 5.91 Å². The first-order valence-electron chi connectivity index (χ1n) is 7.47. The van der Waals surface area contributed by atoms with Crippen molar-refractivity contribution in [3.05, 3.63) is 53.1 Å². The Labute approximate surface area is 141 Å². The Bertz CT molecular complexity index is 669. The number of benzene rings is 2. The summed E-state index contributed by atoms with van der Waals surface area (Å²) in [6.45, 7) is 4.39. The highest BCUT2D eigenvalue weighted by molar-refractivity contribution is 6.33. The topological polar surface area (TPSA) is 50.4 Å². The van der Waals surface area contributed by atoms with Gasteiger partial charge in [-0.25, -0.2) is 0 Å². The van der Waals surface area contributed by atoms with Crippen LogP contribution in [0.2, 0.25) is 5.02 Å². The Morgan fingerprint density at radius 2 is 1.87 bits per heavy atom. The van der Waals surface area contributed by atoms with Gasteiger partial charge >= 0.3 is 0 Å². The maximum Gasteiger partial charge on any atom is 0.243 e. The second kappa shape index (κ2) is 7.88. The molecule has 0 atom stereocenters. The van der Waals surface area contributed by atoms with Crippen LogP contribution in [0, 0.1) is 0 Å². The molecule has 0 radical (unpaired) electrons. The van der Waals surface area contributed by atoms with Crippen molar-refractivity contribution < 1.29 is 9.53 Å². The second-order valence-corrected chi connectivity index (χ2v) is 5.93. The molecule has 1 amide bonds. The van der Waals surface area contributed by atoms with Gasteiger partial charge in [-0.15, -0.1) is 0 Å². The third kappa shape index (κ3) is 4.89. The Morgan fingerprint density at radius 1 is 1.17 bits per heavy atom. The molecule has 122 valence electrons. The summed E-state index contributed by atoms with van der Waals surface area (Å²) < 4.78 is 5.14. The van der Waals surface area contributed by atoms with E-state index in [0.717, 1.165) is 5.69 Å². The molecular weight excluding hydrogens is 312 g/mol. The molecule has 23 heavy (non-hydrogen) atoms. The fourth-order valence-electron chi connectivity index (χ4n) is 2.10. The van der Waals surface area contributed by atoms with Gasteiger partial charge in [-0.05, 0) is 35.7 Å². The highest BCUT2D eigenvalue weighted by Crippen LogP contribution is 2.26. The predicted octanol–water partition coefficient (Wildman–Crippen LogP) is 4.52. The first kappa shape index (κ1) is 17.2. The number of amides is 1. The molecule has 0 fully saturated rings. The first-order valence-corrected chi connectivity index (χ1v) is 7.84. The van der Waals surface area contributed by atoms with E-state index >= 15 is 0 Å². The quantitative estimate of drug-likeness (QED) is 0.817. The van der Waals surface area contributed by atoms with E-state index in [9.17, 15) is 4.79 Å². The summed E-state index contributed by atoms with van der Waals surface area (Å²) in [4.78, 5) is 12.0. The lowest BCUT2D eigenvalue weighted by Gasteiger charge is -2.11. The molecule has 2 N–H and O–H groups in total. The fraction of sp³-hybridized carbons (Fsp3) is 0.278. The van der Waals surface area contributed by atoms with E-state index in [4.69, 9.17) is 16.3 Å². The molecule has 2 aromatic carbocycles. The number of carbonyl (C=O) groups excluding carboxylic acids is 1. The van der Waals surface area contributed by atoms with Crippen molar-refractivity contribution in [2.24, 2.45) is 0 Å². The van der Waals surface area contributed by atoms with Gasteiger partial charge in [0.15, 0.2) is 0 Å². The summed E-state index contributed by atoms with van der Waals surface area (Å²) in [5.74, 6) is 1.01. The van der Waals surface area contributed by atoms with Crippen LogP contribution in [0.1, 0.15) is 25.3 Å². The lowest BCUT2D eigenvalue weighted by atomic mass is 10.0. The van der Waals surface area contributed by atoms with Gasteiger partial charge in [-0.2, -0.15) is 0 Å². The van der Waals surface area contributed by atoms with Crippen molar-refractivity contribution >= 4 is 28.9 Å². The van der Waals surface area contributed by atoms with Gasteiger partial charge in [0.05, 0.1) is 24.4 Å². The number of halogens is 1. The van der Waals surface area contributed by atoms with Gasteiger partial charge in [-0.3, -0.25) is 4.79 Å². The van der Waals surface area contributed by atoms with E-state index in [2.05, 4.69) is 24.5 Å². The molecule has 0 aliphatic rings. The molecule has 5 heteroatoms. The highest BCUT2D eigenvalue weighted by Gasteiger charge is 2.06. The van der Waals surface area contributed by atoms with E-state index in [1.807, 2.05) is 24.3 Å². The molecule has 0 saturated carbocycles. The van der Waals surface area contributed by atoms with Crippen LogP contribution >= 0.6 is 11.6 Å². The Balaban J connectivity index is 1.92. The molecule has 0 aliphatic carbocycles. The molecule has 2 aromatic rings. The summed E-state index contributed by atoms with van der Waals surface area (Å²) in [5, 5.41) is 6.41. The zero-order valence-electron chi connectivity index (χ0n) is 13.5.